The van der Waals surface area contributed by atoms with Gasteiger partial charge in [-0.2, -0.15) is 10.5 Å². The number of fused-ring (bicyclic) bond motifs is 1. The number of anilines is 3. The Labute approximate surface area is 150 Å². The summed E-state index contributed by atoms with van der Waals surface area (Å²) >= 11 is 3.30. The van der Waals surface area contributed by atoms with Crippen LogP contribution in [0.4, 0.5) is 21.7 Å². The van der Waals surface area contributed by atoms with Crippen molar-refractivity contribution < 1.29 is 4.39 Å². The Balaban J connectivity index is 2.28. The smallest absolute Gasteiger partial charge is 0.211 e. The molecule has 3 rings (SSSR count). The van der Waals surface area contributed by atoms with Gasteiger partial charge in [0.05, 0.1) is 5.69 Å². The molecular formula is C15H10BrFN8. The van der Waals surface area contributed by atoms with Gasteiger partial charge in [-0.25, -0.2) is 14.4 Å². The molecule has 2 heterocycles. The predicted molar refractivity (Wildman–Crippen MR) is 93.5 cm³/mol. The minimum Gasteiger partial charge on any atom is -0.397 e. The highest BCUT2D eigenvalue weighted by Crippen LogP contribution is 2.42. The normalized spacial score (nSPS) is 15.2. The molecule has 0 saturated carbocycles. The number of nitrogens with zero attached hydrogens (tertiary/aromatic N) is 4. The van der Waals surface area contributed by atoms with Crippen molar-refractivity contribution in [3.63, 3.8) is 0 Å². The van der Waals surface area contributed by atoms with Crippen molar-refractivity contribution in [2.75, 3.05) is 16.8 Å². The maximum absolute atomic E-state index is 13.4. The van der Waals surface area contributed by atoms with Crippen molar-refractivity contribution in [2.24, 2.45) is 4.99 Å². The van der Waals surface area contributed by atoms with E-state index in [1.165, 1.54) is 18.2 Å². The number of nitrogens with one attached hydrogen (secondary N) is 2. The number of nitrogen functional groups attached to an aromatic ring is 2. The topological polar surface area (TPSA) is 149 Å². The van der Waals surface area contributed by atoms with Crippen LogP contribution in [0.15, 0.2) is 27.7 Å². The molecule has 0 saturated heterocycles. The Morgan fingerprint density at radius 3 is 2.72 bits per heavy atom. The zero-order chi connectivity index (χ0) is 18.1. The third-order valence-corrected chi connectivity index (χ3v) is 4.30. The lowest BCUT2D eigenvalue weighted by atomic mass is 9.95. The molecule has 1 aliphatic rings. The van der Waals surface area contributed by atoms with E-state index in [4.69, 9.17) is 16.7 Å². The molecule has 8 nitrogen and oxygen atoms in total. The minimum absolute atomic E-state index is 0.0377. The third kappa shape index (κ3) is 2.79. The summed E-state index contributed by atoms with van der Waals surface area (Å²) in [6, 6.07) is 5.30. The highest BCUT2D eigenvalue weighted by Gasteiger charge is 2.30. The van der Waals surface area contributed by atoms with E-state index in [2.05, 4.69) is 36.5 Å². The van der Waals surface area contributed by atoms with Gasteiger partial charge < -0.3 is 16.8 Å². The molecule has 0 aliphatic carbocycles. The van der Waals surface area contributed by atoms with Gasteiger partial charge in [-0.15, -0.1) is 0 Å². The molecule has 0 fully saturated rings. The Kier molecular flexibility index (Phi) is 4.13. The third-order valence-electron chi connectivity index (χ3n) is 3.61. The number of aliphatic imine (C=N–C) groups is 1. The first-order chi connectivity index (χ1) is 12.0. The first kappa shape index (κ1) is 16.5. The van der Waals surface area contributed by atoms with Gasteiger partial charge in [0, 0.05) is 10.0 Å². The molecule has 1 aromatic carbocycles. The quantitative estimate of drug-likeness (QED) is 0.422. The van der Waals surface area contributed by atoms with Gasteiger partial charge in [-0.1, -0.05) is 22.0 Å². The molecule has 0 spiro atoms. The van der Waals surface area contributed by atoms with Crippen molar-refractivity contribution in [1.29, 1.82) is 10.5 Å². The number of benzene rings is 1. The van der Waals surface area contributed by atoms with Gasteiger partial charge in [-0.05, 0) is 17.7 Å². The summed E-state index contributed by atoms with van der Waals surface area (Å²) < 4.78 is 13.9. The van der Waals surface area contributed by atoms with E-state index >= 15 is 0 Å². The fourth-order valence-electron chi connectivity index (χ4n) is 2.53. The predicted octanol–water partition coefficient (Wildman–Crippen LogP) is 1.96. The maximum Gasteiger partial charge on any atom is 0.211 e. The standard InChI is InChI=1S/C15H10BrFN8/c16-9-3-6(17)1-2-7(9)12-10-11(20)8(4-18)13(21)24-14(10)25-15(23-12)22-5-19/h1-3,12H,(H6,20,21,22,23,24,25). The van der Waals surface area contributed by atoms with Gasteiger partial charge in [0.1, 0.15) is 35.1 Å². The minimum atomic E-state index is -0.720. The zero-order valence-corrected chi connectivity index (χ0v) is 14.1. The molecule has 0 radical (unpaired) electrons. The van der Waals surface area contributed by atoms with Crippen LogP contribution in [0.5, 0.6) is 0 Å². The van der Waals surface area contributed by atoms with Crippen LogP contribution in [0.1, 0.15) is 22.7 Å². The fraction of sp³-hybridized carbons (Fsp3) is 0.0667. The first-order valence-corrected chi connectivity index (χ1v) is 7.69. The molecule has 1 aromatic heterocycles. The molecule has 0 amide bonds. The van der Waals surface area contributed by atoms with E-state index in [1.54, 1.807) is 6.19 Å². The largest absolute Gasteiger partial charge is 0.397 e. The molecule has 10 heteroatoms. The average Bonchev–Trinajstić information content (AvgIpc) is 2.54. The van der Waals surface area contributed by atoms with E-state index in [0.717, 1.165) is 0 Å². The molecule has 2 aromatic rings. The van der Waals surface area contributed by atoms with Crippen LogP contribution in [0.3, 0.4) is 0 Å². The second kappa shape index (κ2) is 6.26. The number of guanidine groups is 1. The summed E-state index contributed by atoms with van der Waals surface area (Å²) in [7, 11) is 0. The van der Waals surface area contributed by atoms with Crippen molar-refractivity contribution in [3.8, 4) is 12.3 Å². The summed E-state index contributed by atoms with van der Waals surface area (Å²) in [5.74, 6) is -0.0677. The molecule has 25 heavy (non-hydrogen) atoms. The van der Waals surface area contributed by atoms with Gasteiger partial charge in [0.15, 0.2) is 6.19 Å². The van der Waals surface area contributed by atoms with Crippen LogP contribution in [-0.4, -0.2) is 10.9 Å². The maximum atomic E-state index is 13.4. The van der Waals surface area contributed by atoms with E-state index in [9.17, 15) is 9.65 Å². The zero-order valence-electron chi connectivity index (χ0n) is 12.5. The molecule has 1 unspecified atom stereocenters. The van der Waals surface area contributed by atoms with Crippen LogP contribution >= 0.6 is 15.9 Å². The van der Waals surface area contributed by atoms with Crippen LogP contribution in [0.2, 0.25) is 0 Å². The first-order valence-electron chi connectivity index (χ1n) is 6.90. The second-order valence-electron chi connectivity index (χ2n) is 5.07. The van der Waals surface area contributed by atoms with E-state index < -0.39 is 11.9 Å². The lowest BCUT2D eigenvalue weighted by molar-refractivity contribution is 0.625. The van der Waals surface area contributed by atoms with Gasteiger partial charge >= 0.3 is 0 Å². The number of hydrogen-bond acceptors (Lipinski definition) is 8. The molecule has 1 aliphatic heterocycles. The van der Waals surface area contributed by atoms with Crippen molar-refractivity contribution in [1.82, 2.24) is 10.3 Å². The fourth-order valence-corrected chi connectivity index (χ4v) is 3.10. The second-order valence-corrected chi connectivity index (χ2v) is 5.92. The summed E-state index contributed by atoms with van der Waals surface area (Å²) in [6.45, 7) is 0. The molecule has 1 atom stereocenters. The number of nitrogens with two attached hydrogens (primary N) is 2. The van der Waals surface area contributed by atoms with Crippen LogP contribution in [0.25, 0.3) is 0 Å². The van der Waals surface area contributed by atoms with Crippen molar-refractivity contribution in [3.05, 3.63) is 45.2 Å². The highest BCUT2D eigenvalue weighted by atomic mass is 79.9. The van der Waals surface area contributed by atoms with Crippen LogP contribution < -0.4 is 22.1 Å². The van der Waals surface area contributed by atoms with Gasteiger partial charge in [0.25, 0.3) is 0 Å². The number of pyridine rings is 1. The molecule has 124 valence electrons. The SMILES string of the molecule is N#CNC1=NC(c2ccc(F)cc2Br)c2c(nc(N)c(C#N)c2N)N1. The van der Waals surface area contributed by atoms with E-state index in [1.807, 2.05) is 6.07 Å². The summed E-state index contributed by atoms with van der Waals surface area (Å²) in [5.41, 5.74) is 13.1. The lowest BCUT2D eigenvalue weighted by Crippen LogP contribution is -2.32. The Morgan fingerprint density at radius 1 is 1.32 bits per heavy atom. The summed E-state index contributed by atoms with van der Waals surface area (Å²) in [4.78, 5) is 8.53. The Morgan fingerprint density at radius 2 is 2.08 bits per heavy atom. The summed E-state index contributed by atoms with van der Waals surface area (Å²) in [5, 5.41) is 23.3. The van der Waals surface area contributed by atoms with Crippen molar-refractivity contribution >= 4 is 39.2 Å². The van der Waals surface area contributed by atoms with E-state index in [-0.39, 0.29) is 28.8 Å². The number of aromatic nitrogens is 1. The molecular weight excluding hydrogens is 391 g/mol. The molecule has 6 N–H and O–H groups in total. The number of rotatable bonds is 1. The lowest BCUT2D eigenvalue weighted by Gasteiger charge is -2.26. The van der Waals surface area contributed by atoms with Gasteiger partial charge in [0.2, 0.25) is 5.96 Å². The monoisotopic (exact) mass is 400 g/mol. The van der Waals surface area contributed by atoms with Crippen LogP contribution in [-0.2, 0) is 0 Å². The highest BCUT2D eigenvalue weighted by molar-refractivity contribution is 9.10. The Bertz CT molecular complexity index is 988. The number of nitriles is 2. The number of halogens is 2. The van der Waals surface area contributed by atoms with Gasteiger partial charge in [-0.3, -0.25) is 5.32 Å². The summed E-state index contributed by atoms with van der Waals surface area (Å²) in [6.07, 6.45) is 1.76. The van der Waals surface area contributed by atoms with Crippen molar-refractivity contribution in [2.45, 2.75) is 6.04 Å². The number of hydrogen-bond donors (Lipinski definition) is 4. The molecule has 0 bridgehead atoms. The van der Waals surface area contributed by atoms with Crippen LogP contribution in [0, 0.1) is 28.6 Å². The Hall–Kier alpha value is -3.37. The average molecular weight is 401 g/mol. The van der Waals surface area contributed by atoms with E-state index in [0.29, 0.717) is 15.6 Å².